The van der Waals surface area contributed by atoms with Crippen molar-refractivity contribution in [3.63, 3.8) is 0 Å². The van der Waals surface area contributed by atoms with Gasteiger partial charge < -0.3 is 20.4 Å². The van der Waals surface area contributed by atoms with E-state index in [0.717, 1.165) is 38.0 Å². The zero-order valence-corrected chi connectivity index (χ0v) is 14.6. The smallest absolute Gasteiger partial charge is 0.223 e. The summed E-state index contributed by atoms with van der Waals surface area (Å²) >= 11 is 0. The van der Waals surface area contributed by atoms with Crippen molar-refractivity contribution in [1.29, 1.82) is 0 Å². The van der Waals surface area contributed by atoms with Crippen LogP contribution in [-0.2, 0) is 24.2 Å². The maximum Gasteiger partial charge on any atom is 0.223 e. The number of nitrogens with two attached hydrogens (primary N) is 1. The number of carbonyl (C=O) groups is 1. The van der Waals surface area contributed by atoms with E-state index in [1.165, 1.54) is 22.2 Å². The molecule has 0 radical (unpaired) electrons. The minimum Gasteiger partial charge on any atom is -0.497 e. The number of hydrogen-bond donors (Lipinski definition) is 2. The lowest BCUT2D eigenvalue weighted by Crippen LogP contribution is -2.35. The molecule has 0 bridgehead atoms. The highest BCUT2D eigenvalue weighted by atomic mass is 16.5. The van der Waals surface area contributed by atoms with E-state index in [2.05, 4.69) is 28.9 Å². The summed E-state index contributed by atoms with van der Waals surface area (Å²) in [5, 5.41) is 4.25. The highest BCUT2D eigenvalue weighted by molar-refractivity contribution is 5.88. The second-order valence-electron chi connectivity index (χ2n) is 6.43. The minimum absolute atomic E-state index is 0.0531. The van der Waals surface area contributed by atoms with Crippen LogP contribution in [0.3, 0.4) is 0 Å². The molecule has 130 valence electrons. The average molecular weight is 329 g/mol. The van der Waals surface area contributed by atoms with Crippen molar-refractivity contribution in [3.8, 4) is 5.75 Å². The zero-order chi connectivity index (χ0) is 17.1. The van der Waals surface area contributed by atoms with Gasteiger partial charge in [-0.3, -0.25) is 4.79 Å². The fourth-order valence-corrected chi connectivity index (χ4v) is 3.80. The first-order valence-corrected chi connectivity index (χ1v) is 8.85. The summed E-state index contributed by atoms with van der Waals surface area (Å²) in [5.74, 6) is 1.08. The van der Waals surface area contributed by atoms with E-state index in [9.17, 15) is 4.79 Å². The first kappa shape index (κ1) is 16.8. The number of ether oxygens (including phenoxy) is 1. The van der Waals surface area contributed by atoms with Crippen molar-refractivity contribution in [2.45, 2.75) is 39.2 Å². The molecular formula is C19H27N3O2. The van der Waals surface area contributed by atoms with Crippen LogP contribution >= 0.6 is 0 Å². The molecule has 5 heteroatoms. The van der Waals surface area contributed by atoms with Gasteiger partial charge in [0.25, 0.3) is 0 Å². The molecule has 3 N–H and O–H groups in total. The molecule has 3 rings (SSSR count). The Morgan fingerprint density at radius 3 is 3.00 bits per heavy atom. The standard InChI is InChI=1S/C19H27N3O2/c1-3-22-17-7-5-13(19(23)21-10-4-9-20)11-15(17)16-12-14(24-2)6-8-18(16)22/h6,8,12-13H,3-5,7,9-11,20H2,1-2H3,(H,21,23). The van der Waals surface area contributed by atoms with E-state index in [1.807, 2.05) is 6.07 Å². The first-order valence-electron chi connectivity index (χ1n) is 8.85. The van der Waals surface area contributed by atoms with E-state index < -0.39 is 0 Å². The van der Waals surface area contributed by atoms with Crippen LogP contribution in [-0.4, -0.2) is 30.7 Å². The van der Waals surface area contributed by atoms with E-state index in [1.54, 1.807) is 7.11 Å². The predicted octanol–water partition coefficient (Wildman–Crippen LogP) is 2.24. The van der Waals surface area contributed by atoms with Crippen LogP contribution in [0.1, 0.15) is 31.0 Å². The lowest BCUT2D eigenvalue weighted by molar-refractivity contribution is -0.125. The fraction of sp³-hybridized carbons (Fsp3) is 0.526. The molecule has 1 heterocycles. The molecule has 1 aliphatic carbocycles. The fourth-order valence-electron chi connectivity index (χ4n) is 3.80. The van der Waals surface area contributed by atoms with Gasteiger partial charge in [0.2, 0.25) is 5.91 Å². The van der Waals surface area contributed by atoms with E-state index in [-0.39, 0.29) is 11.8 Å². The molecule has 1 atom stereocenters. The highest BCUT2D eigenvalue weighted by Crippen LogP contribution is 2.36. The maximum absolute atomic E-state index is 12.4. The number of hydrogen-bond acceptors (Lipinski definition) is 3. The van der Waals surface area contributed by atoms with Crippen LogP contribution in [0, 0.1) is 5.92 Å². The summed E-state index contributed by atoms with van der Waals surface area (Å²) in [6.07, 6.45) is 3.50. The minimum atomic E-state index is 0.0531. The number of amides is 1. The van der Waals surface area contributed by atoms with Crippen molar-refractivity contribution < 1.29 is 9.53 Å². The second-order valence-corrected chi connectivity index (χ2v) is 6.43. The third kappa shape index (κ3) is 3.00. The number of rotatable bonds is 6. The Bertz CT molecular complexity index is 736. The summed E-state index contributed by atoms with van der Waals surface area (Å²) in [5.41, 5.74) is 9.44. The van der Waals surface area contributed by atoms with Gasteiger partial charge in [-0.15, -0.1) is 0 Å². The molecule has 0 saturated heterocycles. The van der Waals surface area contributed by atoms with Gasteiger partial charge in [0.05, 0.1) is 7.11 Å². The van der Waals surface area contributed by atoms with Crippen LogP contribution in [0.2, 0.25) is 0 Å². The third-order valence-corrected chi connectivity index (χ3v) is 5.04. The van der Waals surface area contributed by atoms with E-state index >= 15 is 0 Å². The number of benzene rings is 1. The van der Waals surface area contributed by atoms with Gasteiger partial charge in [0.1, 0.15) is 5.75 Å². The van der Waals surface area contributed by atoms with Crippen LogP contribution < -0.4 is 15.8 Å². The molecule has 2 aromatic rings. The van der Waals surface area contributed by atoms with Gasteiger partial charge >= 0.3 is 0 Å². The molecule has 0 aliphatic heterocycles. The summed E-state index contributed by atoms with van der Waals surface area (Å²) in [7, 11) is 1.69. The van der Waals surface area contributed by atoms with Crippen LogP contribution in [0.4, 0.5) is 0 Å². The molecule has 1 aliphatic rings. The lowest BCUT2D eigenvalue weighted by Gasteiger charge is -2.23. The topological polar surface area (TPSA) is 69.3 Å². The van der Waals surface area contributed by atoms with Crippen molar-refractivity contribution in [1.82, 2.24) is 9.88 Å². The molecule has 0 fully saturated rings. The maximum atomic E-state index is 12.4. The molecule has 1 unspecified atom stereocenters. The lowest BCUT2D eigenvalue weighted by atomic mass is 9.85. The van der Waals surface area contributed by atoms with Crippen molar-refractivity contribution in [2.24, 2.45) is 11.7 Å². The van der Waals surface area contributed by atoms with Gasteiger partial charge in [-0.2, -0.15) is 0 Å². The van der Waals surface area contributed by atoms with E-state index in [4.69, 9.17) is 10.5 Å². The van der Waals surface area contributed by atoms with Crippen LogP contribution in [0.25, 0.3) is 10.9 Å². The molecule has 5 nitrogen and oxygen atoms in total. The van der Waals surface area contributed by atoms with Gasteiger partial charge in [0, 0.05) is 35.6 Å². The third-order valence-electron chi connectivity index (χ3n) is 5.04. The largest absolute Gasteiger partial charge is 0.497 e. The Balaban J connectivity index is 1.90. The van der Waals surface area contributed by atoms with Gasteiger partial charge in [-0.1, -0.05) is 0 Å². The SMILES string of the molecule is CCn1c2c(c3cc(OC)ccc31)CC(C(=O)NCCCN)CC2. The summed E-state index contributed by atoms with van der Waals surface area (Å²) < 4.78 is 7.78. The van der Waals surface area contributed by atoms with E-state index in [0.29, 0.717) is 13.1 Å². The second kappa shape index (κ2) is 7.26. The quantitative estimate of drug-likeness (QED) is 0.799. The number of nitrogens with one attached hydrogen (secondary N) is 1. The molecule has 1 amide bonds. The summed E-state index contributed by atoms with van der Waals surface area (Å²) in [6.45, 7) is 4.41. The summed E-state index contributed by atoms with van der Waals surface area (Å²) in [6, 6.07) is 6.25. The molecule has 1 aromatic carbocycles. The van der Waals surface area contributed by atoms with Crippen molar-refractivity contribution in [3.05, 3.63) is 29.5 Å². The van der Waals surface area contributed by atoms with Crippen molar-refractivity contribution >= 4 is 16.8 Å². The number of methoxy groups -OCH3 is 1. The van der Waals surface area contributed by atoms with Crippen molar-refractivity contribution in [2.75, 3.05) is 20.2 Å². The zero-order valence-electron chi connectivity index (χ0n) is 14.6. The number of aryl methyl sites for hydroxylation is 1. The van der Waals surface area contributed by atoms with Gasteiger partial charge in [-0.05, 0) is 62.9 Å². The summed E-state index contributed by atoms with van der Waals surface area (Å²) in [4.78, 5) is 12.4. The van der Waals surface area contributed by atoms with Crippen LogP contribution in [0.15, 0.2) is 18.2 Å². The van der Waals surface area contributed by atoms with Gasteiger partial charge in [-0.25, -0.2) is 0 Å². The average Bonchev–Trinajstić information content (AvgIpc) is 2.93. The predicted molar refractivity (Wildman–Crippen MR) is 96.4 cm³/mol. The van der Waals surface area contributed by atoms with Gasteiger partial charge in [0.15, 0.2) is 0 Å². The Morgan fingerprint density at radius 2 is 2.29 bits per heavy atom. The Kier molecular flexibility index (Phi) is 5.09. The number of aromatic nitrogens is 1. The van der Waals surface area contributed by atoms with Crippen LogP contribution in [0.5, 0.6) is 5.75 Å². The Morgan fingerprint density at radius 1 is 1.46 bits per heavy atom. The highest BCUT2D eigenvalue weighted by Gasteiger charge is 2.29. The number of nitrogens with zero attached hydrogens (tertiary/aromatic N) is 1. The first-order chi connectivity index (χ1) is 11.7. The Labute approximate surface area is 143 Å². The number of fused-ring (bicyclic) bond motifs is 3. The molecule has 24 heavy (non-hydrogen) atoms. The molecule has 0 spiro atoms. The monoisotopic (exact) mass is 329 g/mol. The normalized spacial score (nSPS) is 16.9. The molecule has 1 aromatic heterocycles. The molecular weight excluding hydrogens is 302 g/mol. The number of carbonyl (C=O) groups excluding carboxylic acids is 1. The Hall–Kier alpha value is -2.01. The molecule has 0 saturated carbocycles.